The molecule has 0 radical (unpaired) electrons. The van der Waals surface area contributed by atoms with E-state index in [9.17, 15) is 9.59 Å². The van der Waals surface area contributed by atoms with Crippen LogP contribution >= 0.6 is 0 Å². The van der Waals surface area contributed by atoms with Crippen molar-refractivity contribution in [3.8, 4) is 0 Å². The Morgan fingerprint density at radius 1 is 1.32 bits per heavy atom. The molecule has 2 amide bonds. The minimum Gasteiger partial charge on any atom is -0.349 e. The maximum atomic E-state index is 12.4. The summed E-state index contributed by atoms with van der Waals surface area (Å²) in [5, 5.41) is 2.92. The van der Waals surface area contributed by atoms with Crippen molar-refractivity contribution in [2.24, 2.45) is 5.92 Å². The van der Waals surface area contributed by atoms with Gasteiger partial charge in [-0.3, -0.25) is 14.6 Å². The van der Waals surface area contributed by atoms with Crippen molar-refractivity contribution in [3.63, 3.8) is 0 Å². The molecular weight excluding hydrogens is 318 g/mol. The molecule has 1 aliphatic heterocycles. The fraction of sp³-hybridized carbons (Fsp3) is 0.444. The summed E-state index contributed by atoms with van der Waals surface area (Å²) in [5.41, 5.74) is 1.02. The number of aromatic nitrogens is 3. The number of likely N-dealkylation sites (tertiary alicyclic amines) is 1. The van der Waals surface area contributed by atoms with Gasteiger partial charge in [0.25, 0.3) is 0 Å². The second-order valence-corrected chi connectivity index (χ2v) is 6.29. The van der Waals surface area contributed by atoms with Crippen LogP contribution in [0.3, 0.4) is 0 Å². The molecule has 1 aliphatic rings. The van der Waals surface area contributed by atoms with E-state index in [4.69, 9.17) is 0 Å². The quantitative estimate of drug-likeness (QED) is 0.824. The molecule has 0 spiro atoms. The molecule has 0 saturated carbocycles. The molecule has 25 heavy (non-hydrogen) atoms. The lowest BCUT2D eigenvalue weighted by molar-refractivity contribution is -0.129. The van der Waals surface area contributed by atoms with Gasteiger partial charge in [0, 0.05) is 50.8 Å². The van der Waals surface area contributed by atoms with Crippen molar-refractivity contribution in [2.45, 2.75) is 39.4 Å². The number of hydrogen-bond donors (Lipinski definition) is 1. The number of nitrogens with zero attached hydrogens (tertiary/aromatic N) is 4. The zero-order valence-corrected chi connectivity index (χ0v) is 14.4. The zero-order chi connectivity index (χ0) is 17.6. The van der Waals surface area contributed by atoms with Gasteiger partial charge in [-0.2, -0.15) is 0 Å². The molecule has 2 aromatic rings. The number of imidazole rings is 1. The monoisotopic (exact) mass is 341 g/mol. The maximum Gasteiger partial charge on any atom is 0.225 e. The Labute approximate surface area is 147 Å². The normalized spacial score (nSPS) is 17.1. The summed E-state index contributed by atoms with van der Waals surface area (Å²) < 4.78 is 2.04. The molecule has 2 aromatic heterocycles. The fourth-order valence-corrected chi connectivity index (χ4v) is 3.07. The van der Waals surface area contributed by atoms with Gasteiger partial charge in [-0.25, -0.2) is 4.98 Å². The predicted octanol–water partition coefficient (Wildman–Crippen LogP) is 1.35. The molecule has 1 atom stereocenters. The van der Waals surface area contributed by atoms with Crippen LogP contribution in [0.25, 0.3) is 0 Å². The first-order valence-electron chi connectivity index (χ1n) is 8.61. The average Bonchev–Trinajstić information content (AvgIpc) is 3.21. The Kier molecular flexibility index (Phi) is 5.42. The Hall–Kier alpha value is -2.70. The third-order valence-corrected chi connectivity index (χ3v) is 4.40. The van der Waals surface area contributed by atoms with Crippen LogP contribution in [0.4, 0.5) is 0 Å². The predicted molar refractivity (Wildman–Crippen MR) is 92.1 cm³/mol. The van der Waals surface area contributed by atoms with E-state index in [0.717, 1.165) is 24.4 Å². The van der Waals surface area contributed by atoms with Crippen LogP contribution in [0.2, 0.25) is 0 Å². The first-order valence-corrected chi connectivity index (χ1v) is 8.61. The minimum absolute atomic E-state index is 0.0180. The first kappa shape index (κ1) is 17.1. The fourth-order valence-electron chi connectivity index (χ4n) is 3.07. The van der Waals surface area contributed by atoms with E-state index in [0.29, 0.717) is 19.6 Å². The second kappa shape index (κ2) is 7.92. The number of nitrogens with one attached hydrogen (secondary N) is 1. The number of carbonyl (C=O) groups excluding carboxylic acids is 2. The van der Waals surface area contributed by atoms with Crippen LogP contribution in [0.1, 0.15) is 31.2 Å². The summed E-state index contributed by atoms with van der Waals surface area (Å²) in [6.45, 7) is 4.35. The minimum atomic E-state index is -0.302. The summed E-state index contributed by atoms with van der Waals surface area (Å²) >= 11 is 0. The summed E-state index contributed by atoms with van der Waals surface area (Å²) in [4.78, 5) is 34.6. The molecule has 0 aromatic carbocycles. The Balaban J connectivity index is 1.53. The molecular formula is C18H23N5O2. The van der Waals surface area contributed by atoms with Crippen molar-refractivity contribution in [1.82, 2.24) is 24.8 Å². The SMILES string of the molecule is CCCn1ccnc1CNC(=O)[C@@H]1CC(=O)N(Cc2ccncc2)C1. The molecule has 0 unspecified atom stereocenters. The molecule has 1 N–H and O–H groups in total. The molecule has 3 rings (SSSR count). The zero-order valence-electron chi connectivity index (χ0n) is 14.4. The molecule has 0 bridgehead atoms. The highest BCUT2D eigenvalue weighted by Crippen LogP contribution is 2.20. The van der Waals surface area contributed by atoms with Gasteiger partial charge >= 0.3 is 0 Å². The van der Waals surface area contributed by atoms with E-state index in [1.807, 2.05) is 22.9 Å². The van der Waals surface area contributed by atoms with E-state index < -0.39 is 0 Å². The average molecular weight is 341 g/mol. The number of aryl methyl sites for hydroxylation is 1. The standard InChI is InChI=1S/C18H23N5O2/c1-2-8-22-9-7-20-16(22)11-21-18(25)15-10-17(24)23(13-15)12-14-3-5-19-6-4-14/h3-7,9,15H,2,8,10-13H2,1H3,(H,21,25)/t15-/m1/s1. The molecule has 7 nitrogen and oxygen atoms in total. The van der Waals surface area contributed by atoms with Crippen LogP contribution in [0.15, 0.2) is 36.9 Å². The first-order chi connectivity index (χ1) is 12.2. The van der Waals surface area contributed by atoms with Gasteiger partial charge in [0.2, 0.25) is 11.8 Å². The van der Waals surface area contributed by atoms with Crippen molar-refractivity contribution < 1.29 is 9.59 Å². The topological polar surface area (TPSA) is 80.1 Å². The second-order valence-electron chi connectivity index (χ2n) is 6.29. The van der Waals surface area contributed by atoms with E-state index in [-0.39, 0.29) is 24.2 Å². The third kappa shape index (κ3) is 4.23. The van der Waals surface area contributed by atoms with Crippen molar-refractivity contribution in [3.05, 3.63) is 48.3 Å². The number of hydrogen-bond acceptors (Lipinski definition) is 4. The largest absolute Gasteiger partial charge is 0.349 e. The van der Waals surface area contributed by atoms with Crippen LogP contribution in [0, 0.1) is 5.92 Å². The van der Waals surface area contributed by atoms with Crippen LogP contribution in [0.5, 0.6) is 0 Å². The number of carbonyl (C=O) groups is 2. The lowest BCUT2D eigenvalue weighted by atomic mass is 10.1. The number of pyridine rings is 1. The molecule has 132 valence electrons. The Bertz CT molecular complexity index is 728. The highest BCUT2D eigenvalue weighted by Gasteiger charge is 2.34. The molecule has 1 fully saturated rings. The lowest BCUT2D eigenvalue weighted by Gasteiger charge is -2.16. The van der Waals surface area contributed by atoms with E-state index in [2.05, 4.69) is 22.2 Å². The molecule has 0 aliphatic carbocycles. The molecule has 7 heteroatoms. The lowest BCUT2D eigenvalue weighted by Crippen LogP contribution is -2.33. The Morgan fingerprint density at radius 2 is 2.12 bits per heavy atom. The van der Waals surface area contributed by atoms with Crippen LogP contribution < -0.4 is 5.32 Å². The molecule has 1 saturated heterocycles. The smallest absolute Gasteiger partial charge is 0.225 e. The number of rotatable bonds is 7. The highest BCUT2D eigenvalue weighted by molar-refractivity contribution is 5.89. The summed E-state index contributed by atoms with van der Waals surface area (Å²) in [6, 6.07) is 3.77. The summed E-state index contributed by atoms with van der Waals surface area (Å²) in [6.07, 6.45) is 8.35. The van der Waals surface area contributed by atoms with E-state index >= 15 is 0 Å². The van der Waals surface area contributed by atoms with Crippen molar-refractivity contribution in [1.29, 1.82) is 0 Å². The van der Waals surface area contributed by atoms with Gasteiger partial charge in [0.15, 0.2) is 0 Å². The van der Waals surface area contributed by atoms with Gasteiger partial charge in [-0.15, -0.1) is 0 Å². The van der Waals surface area contributed by atoms with Crippen molar-refractivity contribution >= 4 is 11.8 Å². The van der Waals surface area contributed by atoms with Gasteiger partial charge in [-0.05, 0) is 24.1 Å². The maximum absolute atomic E-state index is 12.4. The van der Waals surface area contributed by atoms with Crippen LogP contribution in [-0.4, -0.2) is 37.8 Å². The highest BCUT2D eigenvalue weighted by atomic mass is 16.2. The third-order valence-electron chi connectivity index (χ3n) is 4.40. The number of amides is 2. The summed E-state index contributed by atoms with van der Waals surface area (Å²) in [7, 11) is 0. The van der Waals surface area contributed by atoms with Gasteiger partial charge in [0.05, 0.1) is 12.5 Å². The van der Waals surface area contributed by atoms with E-state index in [1.54, 1.807) is 23.5 Å². The molecule has 3 heterocycles. The van der Waals surface area contributed by atoms with Gasteiger partial charge < -0.3 is 14.8 Å². The Morgan fingerprint density at radius 3 is 2.88 bits per heavy atom. The summed E-state index contributed by atoms with van der Waals surface area (Å²) in [5.74, 6) is 0.471. The van der Waals surface area contributed by atoms with Crippen LogP contribution in [-0.2, 0) is 29.2 Å². The van der Waals surface area contributed by atoms with Gasteiger partial charge in [-0.1, -0.05) is 6.92 Å². The van der Waals surface area contributed by atoms with Crippen molar-refractivity contribution in [2.75, 3.05) is 6.54 Å². The van der Waals surface area contributed by atoms with E-state index in [1.165, 1.54) is 0 Å². The van der Waals surface area contributed by atoms with Gasteiger partial charge in [0.1, 0.15) is 5.82 Å².